The van der Waals surface area contributed by atoms with Crippen molar-refractivity contribution in [3.63, 3.8) is 0 Å². The van der Waals surface area contributed by atoms with Gasteiger partial charge < -0.3 is 9.64 Å². The van der Waals surface area contributed by atoms with Crippen LogP contribution in [-0.2, 0) is 10.0 Å². The maximum absolute atomic E-state index is 16.6. The van der Waals surface area contributed by atoms with Gasteiger partial charge in [-0.05, 0) is 70.1 Å². The maximum Gasteiger partial charge on any atom is 0.319 e. The van der Waals surface area contributed by atoms with E-state index in [9.17, 15) is 8.42 Å². The summed E-state index contributed by atoms with van der Waals surface area (Å²) in [5, 5.41) is 0.603. The minimum absolute atomic E-state index is 0.00383. The Bertz CT molecular complexity index is 1810. The van der Waals surface area contributed by atoms with Crippen LogP contribution in [0.2, 0.25) is 0 Å². The van der Waals surface area contributed by atoms with Crippen molar-refractivity contribution in [3.8, 4) is 17.3 Å². The second-order valence-electron chi connectivity index (χ2n) is 11.8. The van der Waals surface area contributed by atoms with E-state index in [4.69, 9.17) is 9.72 Å². The van der Waals surface area contributed by atoms with Gasteiger partial charge in [-0.25, -0.2) is 21.9 Å². The molecule has 0 aliphatic carbocycles. The van der Waals surface area contributed by atoms with Gasteiger partial charge in [-0.3, -0.25) is 9.88 Å². The molecule has 12 heteroatoms. The third-order valence-corrected chi connectivity index (χ3v) is 11.3. The van der Waals surface area contributed by atoms with Crippen molar-refractivity contribution in [1.29, 1.82) is 0 Å². The lowest BCUT2D eigenvalue weighted by Crippen LogP contribution is -2.46. The zero-order valence-electron chi connectivity index (χ0n) is 24.0. The molecule has 7 rings (SSSR count). The van der Waals surface area contributed by atoms with Gasteiger partial charge in [0.15, 0.2) is 5.82 Å². The van der Waals surface area contributed by atoms with E-state index < -0.39 is 26.9 Å². The SMILES string of the molecule is CNS(=O)(=O)C1CCCN(c2nc(OCC34CCCN3CCC4)nc3c(F)c(-c4cccc5cccc(F)c45)ncc23)C1. The molecule has 2 aromatic carbocycles. The molecule has 5 heterocycles. The van der Waals surface area contributed by atoms with Gasteiger partial charge in [0.25, 0.3) is 0 Å². The lowest BCUT2D eigenvalue weighted by atomic mass is 9.95. The number of hydrogen-bond donors (Lipinski definition) is 1. The highest BCUT2D eigenvalue weighted by atomic mass is 32.2. The first-order valence-electron chi connectivity index (χ1n) is 14.9. The van der Waals surface area contributed by atoms with Crippen molar-refractivity contribution in [2.45, 2.75) is 49.3 Å². The van der Waals surface area contributed by atoms with E-state index in [0.717, 1.165) is 38.8 Å². The lowest BCUT2D eigenvalue weighted by molar-refractivity contribution is 0.108. The molecule has 1 N–H and O–H groups in total. The minimum Gasteiger partial charge on any atom is -0.461 e. The summed E-state index contributed by atoms with van der Waals surface area (Å²) in [6.07, 6.45) is 6.89. The number of nitrogens with one attached hydrogen (secondary N) is 1. The molecule has 4 aromatic rings. The number of hydrogen-bond acceptors (Lipinski definition) is 8. The fourth-order valence-corrected chi connectivity index (χ4v) is 8.40. The number of aromatic nitrogens is 3. The van der Waals surface area contributed by atoms with Gasteiger partial charge in [0.1, 0.15) is 29.5 Å². The first-order valence-corrected chi connectivity index (χ1v) is 16.4. The Labute approximate surface area is 249 Å². The molecule has 3 fully saturated rings. The third kappa shape index (κ3) is 4.89. The summed E-state index contributed by atoms with van der Waals surface area (Å²) in [6.45, 7) is 3.19. The predicted molar refractivity (Wildman–Crippen MR) is 162 cm³/mol. The number of benzene rings is 2. The van der Waals surface area contributed by atoms with E-state index in [2.05, 4.69) is 19.6 Å². The number of sulfonamides is 1. The number of piperidine rings is 1. The molecule has 3 aliphatic rings. The second-order valence-corrected chi connectivity index (χ2v) is 14.0. The Hall–Kier alpha value is -3.48. The Morgan fingerprint density at radius 1 is 1.05 bits per heavy atom. The van der Waals surface area contributed by atoms with Crippen LogP contribution in [0.25, 0.3) is 32.9 Å². The highest BCUT2D eigenvalue weighted by Crippen LogP contribution is 2.40. The fourth-order valence-electron chi connectivity index (χ4n) is 7.22. The van der Waals surface area contributed by atoms with Crippen LogP contribution in [0.1, 0.15) is 38.5 Å². The molecule has 2 aromatic heterocycles. The molecule has 9 nitrogen and oxygen atoms in total. The highest BCUT2D eigenvalue weighted by molar-refractivity contribution is 7.90. The Balaban J connectivity index is 1.35. The Morgan fingerprint density at radius 2 is 1.81 bits per heavy atom. The number of halogens is 2. The summed E-state index contributed by atoms with van der Waals surface area (Å²) in [5.74, 6) is -0.797. The molecule has 0 spiro atoms. The van der Waals surface area contributed by atoms with Crippen LogP contribution in [0.3, 0.4) is 0 Å². The molecule has 0 amide bonds. The van der Waals surface area contributed by atoms with Crippen LogP contribution in [0.15, 0.2) is 42.6 Å². The number of nitrogens with zero attached hydrogens (tertiary/aromatic N) is 5. The summed E-state index contributed by atoms with van der Waals surface area (Å²) in [4.78, 5) is 18.1. The van der Waals surface area contributed by atoms with Gasteiger partial charge in [0.2, 0.25) is 10.0 Å². The van der Waals surface area contributed by atoms with Crippen LogP contribution in [0.4, 0.5) is 14.6 Å². The van der Waals surface area contributed by atoms with Crippen LogP contribution in [0.5, 0.6) is 6.01 Å². The average Bonchev–Trinajstić information content (AvgIpc) is 3.61. The summed E-state index contributed by atoms with van der Waals surface area (Å²) in [5.41, 5.74) is 0.230. The molecule has 1 atom stereocenters. The van der Waals surface area contributed by atoms with Crippen molar-refractivity contribution in [3.05, 3.63) is 54.2 Å². The van der Waals surface area contributed by atoms with Gasteiger partial charge in [0, 0.05) is 30.2 Å². The van der Waals surface area contributed by atoms with Crippen molar-refractivity contribution in [2.24, 2.45) is 0 Å². The predicted octanol–water partition coefficient (Wildman–Crippen LogP) is 4.65. The molecule has 226 valence electrons. The molecule has 0 saturated carbocycles. The average molecular weight is 609 g/mol. The molecular formula is C31H34F2N6O3S. The topological polar surface area (TPSA) is 101 Å². The normalized spacial score (nSPS) is 20.6. The Kier molecular flexibility index (Phi) is 7.18. The fraction of sp³-hybridized carbons (Fsp3) is 0.452. The summed E-state index contributed by atoms with van der Waals surface area (Å²) in [7, 11) is -2.12. The molecule has 3 aliphatic heterocycles. The summed E-state index contributed by atoms with van der Waals surface area (Å²) < 4.78 is 65.7. The maximum atomic E-state index is 16.6. The van der Waals surface area contributed by atoms with E-state index in [-0.39, 0.29) is 34.7 Å². The van der Waals surface area contributed by atoms with E-state index in [1.807, 2.05) is 4.90 Å². The molecule has 43 heavy (non-hydrogen) atoms. The zero-order valence-corrected chi connectivity index (χ0v) is 24.8. The third-order valence-electron chi connectivity index (χ3n) is 9.43. The van der Waals surface area contributed by atoms with Gasteiger partial charge in [-0.15, -0.1) is 0 Å². The monoisotopic (exact) mass is 608 g/mol. The number of rotatable bonds is 7. The quantitative estimate of drug-likeness (QED) is 0.324. The smallest absolute Gasteiger partial charge is 0.319 e. The van der Waals surface area contributed by atoms with E-state index in [1.165, 1.54) is 19.3 Å². The lowest BCUT2D eigenvalue weighted by Gasteiger charge is -2.34. The van der Waals surface area contributed by atoms with Crippen LogP contribution in [0, 0.1) is 11.6 Å². The van der Waals surface area contributed by atoms with Crippen molar-refractivity contribution in [1.82, 2.24) is 24.6 Å². The van der Waals surface area contributed by atoms with Gasteiger partial charge in [-0.1, -0.05) is 30.3 Å². The van der Waals surface area contributed by atoms with E-state index in [0.29, 0.717) is 48.1 Å². The van der Waals surface area contributed by atoms with Gasteiger partial charge in [0.05, 0.1) is 16.2 Å². The standard InChI is InChI=1S/C31H34F2N6O3S/c1-34-43(40,41)21-9-4-14-38(18-21)29-23-17-35-27(22-10-2-7-20-8-3-11-24(32)25(20)22)26(33)28(23)36-30(37-29)42-19-31-12-5-15-39(31)16-6-13-31/h2-3,7-8,10-11,17,21,34H,4-6,9,12-16,18-19H2,1H3. The van der Waals surface area contributed by atoms with E-state index in [1.54, 1.807) is 30.3 Å². The highest BCUT2D eigenvalue weighted by Gasteiger charge is 2.45. The largest absolute Gasteiger partial charge is 0.461 e. The number of pyridine rings is 1. The first kappa shape index (κ1) is 28.3. The number of ether oxygens (including phenoxy) is 1. The molecular weight excluding hydrogens is 574 g/mol. The molecule has 0 bridgehead atoms. The zero-order chi connectivity index (χ0) is 29.8. The number of anilines is 1. The molecule has 1 unspecified atom stereocenters. The first-order chi connectivity index (χ1) is 20.8. The van der Waals surface area contributed by atoms with Crippen LogP contribution < -0.4 is 14.4 Å². The van der Waals surface area contributed by atoms with Crippen molar-refractivity contribution < 1.29 is 21.9 Å². The number of fused-ring (bicyclic) bond motifs is 3. The van der Waals surface area contributed by atoms with E-state index >= 15 is 8.78 Å². The minimum atomic E-state index is -3.53. The van der Waals surface area contributed by atoms with Crippen molar-refractivity contribution in [2.75, 3.05) is 44.7 Å². The van der Waals surface area contributed by atoms with Crippen LogP contribution >= 0.6 is 0 Å². The molecule has 3 saturated heterocycles. The van der Waals surface area contributed by atoms with Crippen LogP contribution in [-0.4, -0.2) is 78.9 Å². The van der Waals surface area contributed by atoms with Crippen molar-refractivity contribution >= 4 is 37.5 Å². The Morgan fingerprint density at radius 3 is 2.58 bits per heavy atom. The van der Waals surface area contributed by atoms with Gasteiger partial charge in [-0.2, -0.15) is 9.97 Å². The summed E-state index contributed by atoms with van der Waals surface area (Å²) in [6, 6.07) is 9.93. The summed E-state index contributed by atoms with van der Waals surface area (Å²) >= 11 is 0. The molecule has 0 radical (unpaired) electrons. The van der Waals surface area contributed by atoms with Gasteiger partial charge >= 0.3 is 6.01 Å². The second kappa shape index (κ2) is 10.9.